The predicted octanol–water partition coefficient (Wildman–Crippen LogP) is 4.24. The maximum Gasteiger partial charge on any atom is 0.416 e. The van der Waals surface area contributed by atoms with Crippen molar-refractivity contribution in [3.8, 4) is 0 Å². The van der Waals surface area contributed by atoms with Gasteiger partial charge in [0.25, 0.3) is 0 Å². The maximum absolute atomic E-state index is 12.6. The molecule has 1 aromatic rings. The first-order valence-corrected chi connectivity index (χ1v) is 3.71. The monoisotopic (exact) mass is 226 g/mol. The fourth-order valence-electron chi connectivity index (χ4n) is 0.941. The van der Waals surface area contributed by atoms with Crippen molar-refractivity contribution in [1.29, 1.82) is 0 Å². The van der Waals surface area contributed by atoms with E-state index in [1.165, 1.54) is 0 Å². The Morgan fingerprint density at radius 2 is 1.60 bits per heavy atom. The molecule has 0 aliphatic heterocycles. The van der Waals surface area contributed by atoms with Crippen LogP contribution < -0.4 is 0 Å². The van der Waals surface area contributed by atoms with Gasteiger partial charge in [0.2, 0.25) is 0 Å². The highest BCUT2D eigenvalue weighted by atomic mass is 19.4. The van der Waals surface area contributed by atoms with Crippen LogP contribution in [0.1, 0.15) is 11.1 Å². The van der Waals surface area contributed by atoms with Gasteiger partial charge in [-0.05, 0) is 12.1 Å². The standard InChI is InChI=1S/C9H4F6/c10-7(8(11)12)5-2-1-3-6(4-5)9(13,14)15/h1-4H. The summed E-state index contributed by atoms with van der Waals surface area (Å²) in [4.78, 5) is 0. The second-order valence-corrected chi connectivity index (χ2v) is 2.65. The van der Waals surface area contributed by atoms with Crippen LogP contribution in [-0.2, 0) is 6.18 Å². The van der Waals surface area contributed by atoms with E-state index in [2.05, 4.69) is 0 Å². The first kappa shape index (κ1) is 11.6. The lowest BCUT2D eigenvalue weighted by molar-refractivity contribution is -0.137. The maximum atomic E-state index is 12.6. The van der Waals surface area contributed by atoms with E-state index in [1.54, 1.807) is 0 Å². The quantitative estimate of drug-likeness (QED) is 0.628. The molecule has 1 aromatic carbocycles. The molecular formula is C9H4F6. The zero-order chi connectivity index (χ0) is 11.6. The lowest BCUT2D eigenvalue weighted by Crippen LogP contribution is -2.04. The van der Waals surface area contributed by atoms with Crippen LogP contribution in [0.3, 0.4) is 0 Å². The van der Waals surface area contributed by atoms with Gasteiger partial charge in [-0.3, -0.25) is 0 Å². The molecule has 1 rings (SSSR count). The number of hydrogen-bond acceptors (Lipinski definition) is 0. The van der Waals surface area contributed by atoms with Crippen LogP contribution in [0.5, 0.6) is 0 Å². The van der Waals surface area contributed by atoms with Gasteiger partial charge in [0.1, 0.15) is 0 Å². The molecule has 0 amide bonds. The second-order valence-electron chi connectivity index (χ2n) is 2.65. The molecule has 0 nitrogen and oxygen atoms in total. The van der Waals surface area contributed by atoms with Crippen LogP contribution in [0.15, 0.2) is 30.3 Å². The van der Waals surface area contributed by atoms with E-state index >= 15 is 0 Å². The smallest absolute Gasteiger partial charge is 0.200 e. The largest absolute Gasteiger partial charge is 0.416 e. The van der Waals surface area contributed by atoms with Gasteiger partial charge < -0.3 is 0 Å². The fraction of sp³-hybridized carbons (Fsp3) is 0.111. The van der Waals surface area contributed by atoms with Crippen molar-refractivity contribution < 1.29 is 26.3 Å². The molecule has 6 heteroatoms. The Kier molecular flexibility index (Phi) is 3.06. The van der Waals surface area contributed by atoms with Crippen molar-refractivity contribution in [2.24, 2.45) is 0 Å². The lowest BCUT2D eigenvalue weighted by Gasteiger charge is -2.07. The van der Waals surface area contributed by atoms with E-state index in [-0.39, 0.29) is 0 Å². The molecule has 0 bridgehead atoms. The van der Waals surface area contributed by atoms with Crippen LogP contribution in [0.2, 0.25) is 0 Å². The molecule has 0 saturated heterocycles. The minimum absolute atomic E-state index is 0.328. The van der Waals surface area contributed by atoms with E-state index in [4.69, 9.17) is 0 Å². The summed E-state index contributed by atoms with van der Waals surface area (Å²) < 4.78 is 72.4. The van der Waals surface area contributed by atoms with Crippen molar-refractivity contribution in [2.45, 2.75) is 6.18 Å². The van der Waals surface area contributed by atoms with Crippen LogP contribution in [0.4, 0.5) is 26.3 Å². The average molecular weight is 226 g/mol. The minimum Gasteiger partial charge on any atom is -0.200 e. The van der Waals surface area contributed by atoms with Gasteiger partial charge in [-0.1, -0.05) is 12.1 Å². The van der Waals surface area contributed by atoms with Crippen LogP contribution in [0, 0.1) is 0 Å². The molecule has 0 fully saturated rings. The lowest BCUT2D eigenvalue weighted by atomic mass is 10.1. The van der Waals surface area contributed by atoms with Gasteiger partial charge >= 0.3 is 12.3 Å². The Hall–Kier alpha value is -1.46. The van der Waals surface area contributed by atoms with Gasteiger partial charge in [-0.15, -0.1) is 0 Å². The molecule has 0 radical (unpaired) electrons. The molecule has 0 aromatic heterocycles. The van der Waals surface area contributed by atoms with Gasteiger partial charge in [0.15, 0.2) is 5.83 Å². The third-order valence-electron chi connectivity index (χ3n) is 1.61. The normalized spacial score (nSPS) is 11.3. The summed E-state index contributed by atoms with van der Waals surface area (Å²) in [6.07, 6.45) is -7.32. The third-order valence-corrected chi connectivity index (χ3v) is 1.61. The molecule has 0 N–H and O–H groups in total. The zero-order valence-electron chi connectivity index (χ0n) is 7.08. The number of halogens is 6. The van der Waals surface area contributed by atoms with Crippen LogP contribution in [-0.4, -0.2) is 0 Å². The molecule has 0 aliphatic carbocycles. The van der Waals surface area contributed by atoms with Gasteiger partial charge in [-0.25, -0.2) is 4.39 Å². The summed E-state index contributed by atoms with van der Waals surface area (Å²) in [5.41, 5.74) is -1.96. The van der Waals surface area contributed by atoms with Crippen LogP contribution in [0.25, 0.3) is 5.83 Å². The Labute approximate surface area is 80.8 Å². The van der Waals surface area contributed by atoms with E-state index in [9.17, 15) is 26.3 Å². The molecule has 15 heavy (non-hydrogen) atoms. The fourth-order valence-corrected chi connectivity index (χ4v) is 0.941. The molecule has 0 aliphatic rings. The predicted molar refractivity (Wildman–Crippen MR) is 41.7 cm³/mol. The number of benzene rings is 1. The molecule has 0 heterocycles. The molecule has 0 atom stereocenters. The molecule has 0 spiro atoms. The first-order valence-electron chi connectivity index (χ1n) is 3.71. The van der Waals surface area contributed by atoms with E-state index in [1.807, 2.05) is 0 Å². The first-order chi connectivity index (χ1) is 6.82. The molecule has 82 valence electrons. The Bertz CT molecular complexity index is 386. The SMILES string of the molecule is FC(F)=C(F)c1cccc(C(F)(F)F)c1. The minimum atomic E-state index is -4.68. The van der Waals surface area contributed by atoms with Gasteiger partial charge in [-0.2, -0.15) is 22.0 Å². The number of hydrogen-bond donors (Lipinski definition) is 0. The highest BCUT2D eigenvalue weighted by molar-refractivity contribution is 5.60. The highest BCUT2D eigenvalue weighted by Crippen LogP contribution is 2.32. The molecular weight excluding hydrogens is 222 g/mol. The summed E-state index contributed by atoms with van der Waals surface area (Å²) >= 11 is 0. The number of alkyl halides is 3. The molecule has 0 unspecified atom stereocenters. The van der Waals surface area contributed by atoms with Gasteiger partial charge in [0, 0.05) is 5.56 Å². The average Bonchev–Trinajstić information content (AvgIpc) is 2.15. The van der Waals surface area contributed by atoms with Crippen LogP contribution >= 0.6 is 0 Å². The Morgan fingerprint density at radius 1 is 1.00 bits per heavy atom. The number of rotatable bonds is 1. The summed E-state index contributed by atoms with van der Waals surface area (Å²) in [5, 5.41) is 0. The summed E-state index contributed by atoms with van der Waals surface area (Å²) in [6, 6.07) is 2.70. The van der Waals surface area contributed by atoms with E-state index in [0.717, 1.165) is 12.1 Å². The summed E-state index contributed by atoms with van der Waals surface area (Å²) in [7, 11) is 0. The summed E-state index contributed by atoms with van der Waals surface area (Å²) in [6.45, 7) is 0. The van der Waals surface area contributed by atoms with Crippen molar-refractivity contribution in [1.82, 2.24) is 0 Å². The Balaban J connectivity index is 3.21. The molecule has 0 saturated carbocycles. The van der Waals surface area contributed by atoms with Crippen molar-refractivity contribution >= 4 is 5.83 Å². The topological polar surface area (TPSA) is 0 Å². The van der Waals surface area contributed by atoms with Crippen molar-refractivity contribution in [3.05, 3.63) is 41.5 Å². The van der Waals surface area contributed by atoms with Crippen molar-refractivity contribution in [3.63, 3.8) is 0 Å². The van der Waals surface area contributed by atoms with Crippen molar-refractivity contribution in [2.75, 3.05) is 0 Å². The second kappa shape index (κ2) is 3.96. The van der Waals surface area contributed by atoms with Gasteiger partial charge in [0.05, 0.1) is 5.56 Å². The van der Waals surface area contributed by atoms with E-state index in [0.29, 0.717) is 12.1 Å². The zero-order valence-corrected chi connectivity index (χ0v) is 7.08. The Morgan fingerprint density at radius 3 is 2.07 bits per heavy atom. The summed E-state index contributed by atoms with van der Waals surface area (Å²) in [5.74, 6) is -1.94. The third kappa shape index (κ3) is 2.74. The van der Waals surface area contributed by atoms with E-state index < -0.39 is 29.2 Å². The highest BCUT2D eigenvalue weighted by Gasteiger charge is 2.30.